The zero-order chi connectivity index (χ0) is 14.4. The Labute approximate surface area is 118 Å². The summed E-state index contributed by atoms with van der Waals surface area (Å²) in [7, 11) is 1.46. The normalized spacial score (nSPS) is 16.1. The summed E-state index contributed by atoms with van der Waals surface area (Å²) in [5.74, 6) is -0.375. The number of halogens is 1. The highest BCUT2D eigenvalue weighted by Crippen LogP contribution is 2.18. The number of methoxy groups -OCH3 is 1. The molecule has 1 heterocycles. The van der Waals surface area contributed by atoms with Crippen molar-refractivity contribution in [1.82, 2.24) is 5.32 Å². The van der Waals surface area contributed by atoms with Gasteiger partial charge < -0.3 is 14.8 Å². The Hall–Kier alpha value is -1.46. The van der Waals surface area contributed by atoms with E-state index in [2.05, 4.69) is 5.32 Å². The van der Waals surface area contributed by atoms with E-state index in [-0.39, 0.29) is 23.9 Å². The number of benzene rings is 1. The lowest BCUT2D eigenvalue weighted by molar-refractivity contribution is 0.0313. The highest BCUT2D eigenvalue weighted by molar-refractivity contribution is 5.96. The third-order valence-corrected chi connectivity index (χ3v) is 3.45. The number of nitrogens with one attached hydrogen (secondary N) is 1. The molecule has 0 amide bonds. The number of hydrogen-bond donors (Lipinski definition) is 1. The average molecular weight is 281 g/mol. The zero-order valence-corrected chi connectivity index (χ0v) is 11.7. The van der Waals surface area contributed by atoms with Crippen LogP contribution in [0, 0.1) is 5.82 Å². The molecular weight excluding hydrogens is 261 g/mol. The van der Waals surface area contributed by atoms with Crippen LogP contribution in [-0.2, 0) is 4.74 Å². The van der Waals surface area contributed by atoms with Gasteiger partial charge in [-0.15, -0.1) is 0 Å². The lowest BCUT2D eigenvalue weighted by Gasteiger charge is -2.22. The monoisotopic (exact) mass is 281 g/mol. The minimum Gasteiger partial charge on any atom is -0.497 e. The van der Waals surface area contributed by atoms with Gasteiger partial charge in [-0.1, -0.05) is 0 Å². The Morgan fingerprint density at radius 1 is 1.40 bits per heavy atom. The van der Waals surface area contributed by atoms with Crippen LogP contribution in [0.4, 0.5) is 4.39 Å². The summed E-state index contributed by atoms with van der Waals surface area (Å²) in [5.41, 5.74) is 0.0970. The van der Waals surface area contributed by atoms with Crippen molar-refractivity contribution in [3.05, 3.63) is 29.6 Å². The number of Topliss-reactive ketones (excluding diaryl/α,β-unsaturated/α-hetero) is 1. The highest BCUT2D eigenvalue weighted by atomic mass is 19.1. The van der Waals surface area contributed by atoms with Gasteiger partial charge in [0, 0.05) is 12.5 Å². The molecule has 0 bridgehead atoms. The van der Waals surface area contributed by atoms with Crippen molar-refractivity contribution in [3.63, 3.8) is 0 Å². The Kier molecular flexibility index (Phi) is 5.49. The van der Waals surface area contributed by atoms with Gasteiger partial charge in [0.15, 0.2) is 5.78 Å². The molecule has 1 fully saturated rings. The topological polar surface area (TPSA) is 47.6 Å². The molecule has 1 aliphatic rings. The number of ketones is 1. The molecule has 1 aromatic carbocycles. The first-order valence-corrected chi connectivity index (χ1v) is 6.90. The van der Waals surface area contributed by atoms with E-state index in [9.17, 15) is 9.18 Å². The lowest BCUT2D eigenvalue weighted by Crippen LogP contribution is -2.32. The SMILES string of the molecule is COc1ccc(C(=O)CCOC2CCNCC2)c(F)c1. The molecule has 0 aliphatic carbocycles. The molecule has 1 N–H and O–H groups in total. The van der Waals surface area contributed by atoms with Gasteiger partial charge in [-0.05, 0) is 38.1 Å². The molecule has 0 unspecified atom stereocenters. The zero-order valence-electron chi connectivity index (χ0n) is 11.7. The van der Waals surface area contributed by atoms with Gasteiger partial charge in [0.05, 0.1) is 25.4 Å². The van der Waals surface area contributed by atoms with E-state index >= 15 is 0 Å². The molecule has 0 radical (unpaired) electrons. The van der Waals surface area contributed by atoms with Crippen molar-refractivity contribution in [2.45, 2.75) is 25.4 Å². The van der Waals surface area contributed by atoms with Gasteiger partial charge in [-0.3, -0.25) is 4.79 Å². The molecule has 0 spiro atoms. The van der Waals surface area contributed by atoms with Gasteiger partial charge in [0.25, 0.3) is 0 Å². The van der Waals surface area contributed by atoms with E-state index in [1.807, 2.05) is 0 Å². The third kappa shape index (κ3) is 4.02. The molecular formula is C15H20FNO3. The van der Waals surface area contributed by atoms with Gasteiger partial charge >= 0.3 is 0 Å². The third-order valence-electron chi connectivity index (χ3n) is 3.45. The predicted molar refractivity (Wildman–Crippen MR) is 73.7 cm³/mol. The Morgan fingerprint density at radius 2 is 2.15 bits per heavy atom. The second-order valence-electron chi connectivity index (χ2n) is 4.84. The maximum absolute atomic E-state index is 13.7. The maximum atomic E-state index is 13.7. The summed E-state index contributed by atoms with van der Waals surface area (Å²) in [6, 6.07) is 4.27. The van der Waals surface area contributed by atoms with Crippen molar-refractivity contribution < 1.29 is 18.7 Å². The average Bonchev–Trinajstić information content (AvgIpc) is 2.48. The summed E-state index contributed by atoms with van der Waals surface area (Å²) in [4.78, 5) is 11.9. The van der Waals surface area contributed by atoms with E-state index in [4.69, 9.17) is 9.47 Å². The summed E-state index contributed by atoms with van der Waals surface area (Å²) in [5, 5.41) is 3.25. The van der Waals surface area contributed by atoms with Gasteiger partial charge in [0.2, 0.25) is 0 Å². The number of rotatable bonds is 6. The second-order valence-corrected chi connectivity index (χ2v) is 4.84. The molecule has 0 aromatic heterocycles. The lowest BCUT2D eigenvalue weighted by atomic mass is 10.1. The molecule has 2 rings (SSSR count). The van der Waals surface area contributed by atoms with E-state index in [1.165, 1.54) is 19.2 Å². The highest BCUT2D eigenvalue weighted by Gasteiger charge is 2.16. The number of hydrogen-bond acceptors (Lipinski definition) is 4. The van der Waals surface area contributed by atoms with Crippen molar-refractivity contribution in [2.24, 2.45) is 0 Å². The second kappa shape index (κ2) is 7.36. The van der Waals surface area contributed by atoms with Crippen LogP contribution < -0.4 is 10.1 Å². The summed E-state index contributed by atoms with van der Waals surface area (Å²) in [6.07, 6.45) is 2.34. The van der Waals surface area contributed by atoms with Crippen LogP contribution in [-0.4, -0.2) is 38.7 Å². The maximum Gasteiger partial charge on any atom is 0.168 e. The Balaban J connectivity index is 1.82. The molecule has 1 saturated heterocycles. The van der Waals surface area contributed by atoms with Crippen molar-refractivity contribution >= 4 is 5.78 Å². The van der Waals surface area contributed by atoms with E-state index in [0.717, 1.165) is 25.9 Å². The molecule has 0 saturated carbocycles. The number of carbonyl (C=O) groups is 1. The minimum absolute atomic E-state index is 0.0970. The minimum atomic E-state index is -0.545. The van der Waals surface area contributed by atoms with Crippen LogP contribution in [0.1, 0.15) is 29.6 Å². The molecule has 1 aliphatic heterocycles. The van der Waals surface area contributed by atoms with Crippen LogP contribution in [0.15, 0.2) is 18.2 Å². The Morgan fingerprint density at radius 3 is 2.80 bits per heavy atom. The van der Waals surface area contributed by atoms with Gasteiger partial charge in [-0.25, -0.2) is 4.39 Å². The molecule has 5 heteroatoms. The molecule has 110 valence electrons. The fourth-order valence-corrected chi connectivity index (χ4v) is 2.26. The first-order chi connectivity index (χ1) is 9.70. The molecule has 1 aromatic rings. The number of ether oxygens (including phenoxy) is 2. The van der Waals surface area contributed by atoms with Crippen molar-refractivity contribution in [2.75, 3.05) is 26.8 Å². The summed E-state index contributed by atoms with van der Waals surface area (Å²) < 4.78 is 24.3. The van der Waals surface area contributed by atoms with Crippen molar-refractivity contribution in [3.8, 4) is 5.75 Å². The van der Waals surface area contributed by atoms with Crippen LogP contribution >= 0.6 is 0 Å². The van der Waals surface area contributed by atoms with Crippen LogP contribution in [0.25, 0.3) is 0 Å². The van der Waals surface area contributed by atoms with Gasteiger partial charge in [0.1, 0.15) is 11.6 Å². The smallest absolute Gasteiger partial charge is 0.168 e. The number of piperidine rings is 1. The van der Waals surface area contributed by atoms with Crippen LogP contribution in [0.5, 0.6) is 5.75 Å². The standard InChI is InChI=1S/C15H20FNO3/c1-19-12-2-3-13(14(16)10-12)15(18)6-9-20-11-4-7-17-8-5-11/h2-3,10-11,17H,4-9H2,1H3. The summed E-state index contributed by atoms with van der Waals surface area (Å²) >= 11 is 0. The van der Waals surface area contributed by atoms with Crippen LogP contribution in [0.2, 0.25) is 0 Å². The first-order valence-electron chi connectivity index (χ1n) is 6.90. The molecule has 20 heavy (non-hydrogen) atoms. The van der Waals surface area contributed by atoms with E-state index in [1.54, 1.807) is 6.07 Å². The van der Waals surface area contributed by atoms with Crippen molar-refractivity contribution in [1.29, 1.82) is 0 Å². The summed E-state index contributed by atoms with van der Waals surface area (Å²) in [6.45, 7) is 2.24. The fraction of sp³-hybridized carbons (Fsp3) is 0.533. The largest absolute Gasteiger partial charge is 0.497 e. The molecule has 4 nitrogen and oxygen atoms in total. The predicted octanol–water partition coefficient (Wildman–Crippen LogP) is 2.18. The van der Waals surface area contributed by atoms with E-state index in [0.29, 0.717) is 12.4 Å². The number of carbonyl (C=O) groups excluding carboxylic acids is 1. The first kappa shape index (κ1) is 14.9. The quantitative estimate of drug-likeness (QED) is 0.812. The fourth-order valence-electron chi connectivity index (χ4n) is 2.26. The molecule has 0 atom stereocenters. The Bertz CT molecular complexity index is 458. The van der Waals surface area contributed by atoms with Crippen LogP contribution in [0.3, 0.4) is 0 Å². The van der Waals surface area contributed by atoms with E-state index < -0.39 is 5.82 Å². The van der Waals surface area contributed by atoms with Gasteiger partial charge in [-0.2, -0.15) is 0 Å².